The minimum Gasteiger partial charge on any atom is -0.496 e. The van der Waals surface area contributed by atoms with Gasteiger partial charge in [0.2, 0.25) is 0 Å². The van der Waals surface area contributed by atoms with Gasteiger partial charge in [-0.15, -0.1) is 0 Å². The van der Waals surface area contributed by atoms with Crippen molar-refractivity contribution in [3.63, 3.8) is 0 Å². The molecule has 0 atom stereocenters. The van der Waals surface area contributed by atoms with Gasteiger partial charge in [-0.3, -0.25) is 4.79 Å². The Morgan fingerprint density at radius 3 is 2.75 bits per heavy atom. The molecule has 2 rings (SSSR count). The van der Waals surface area contributed by atoms with Crippen LogP contribution < -0.4 is 10.1 Å². The number of benzene rings is 2. The summed E-state index contributed by atoms with van der Waals surface area (Å²) in [7, 11) is 1.51. The van der Waals surface area contributed by atoms with Crippen LogP contribution in [-0.4, -0.2) is 13.0 Å². The average molecular weight is 355 g/mol. The van der Waals surface area contributed by atoms with Crippen molar-refractivity contribution >= 4 is 39.1 Å². The van der Waals surface area contributed by atoms with Gasteiger partial charge in [-0.05, 0) is 29.8 Å². The molecule has 5 heteroatoms. The molecule has 0 radical (unpaired) electrons. The third kappa shape index (κ3) is 3.32. The molecule has 1 N–H and O–H groups in total. The molecule has 0 spiro atoms. The maximum Gasteiger partial charge on any atom is 0.259 e. The monoisotopic (exact) mass is 353 g/mol. The Hall–Kier alpha value is -1.52. The number of halogens is 2. The van der Waals surface area contributed by atoms with E-state index in [-0.39, 0.29) is 5.91 Å². The zero-order chi connectivity index (χ0) is 14.5. The highest BCUT2D eigenvalue weighted by atomic mass is 79.9. The topological polar surface area (TPSA) is 38.3 Å². The summed E-state index contributed by atoms with van der Waals surface area (Å²) in [4.78, 5) is 12.3. The van der Waals surface area contributed by atoms with Gasteiger partial charge in [0.25, 0.3) is 5.91 Å². The van der Waals surface area contributed by atoms with E-state index in [0.717, 1.165) is 11.3 Å². The van der Waals surface area contributed by atoms with Crippen LogP contribution in [0.2, 0.25) is 5.02 Å². The Kier molecular flexibility index (Phi) is 5.04. The van der Waals surface area contributed by atoms with Crippen molar-refractivity contribution in [3.05, 3.63) is 58.6 Å². The highest BCUT2D eigenvalue weighted by molar-refractivity contribution is 9.08. The molecule has 1 amide bonds. The summed E-state index contributed by atoms with van der Waals surface area (Å²) < 4.78 is 5.19. The molecule has 0 aliphatic carbocycles. The maximum absolute atomic E-state index is 12.3. The number of amides is 1. The summed E-state index contributed by atoms with van der Waals surface area (Å²) in [5, 5.41) is 4.07. The lowest BCUT2D eigenvalue weighted by molar-refractivity contribution is 0.102. The molecule has 20 heavy (non-hydrogen) atoms. The van der Waals surface area contributed by atoms with E-state index in [1.807, 2.05) is 24.3 Å². The zero-order valence-corrected chi connectivity index (χ0v) is 13.2. The lowest BCUT2D eigenvalue weighted by atomic mass is 10.1. The van der Waals surface area contributed by atoms with Crippen LogP contribution in [0, 0.1) is 0 Å². The summed E-state index contributed by atoms with van der Waals surface area (Å²) in [6.07, 6.45) is 0. The van der Waals surface area contributed by atoms with Crippen LogP contribution >= 0.6 is 27.5 Å². The van der Waals surface area contributed by atoms with Gasteiger partial charge in [-0.2, -0.15) is 0 Å². The Labute approximate surface area is 131 Å². The molecule has 0 aromatic heterocycles. The standard InChI is InChI=1S/C15H13BrClNO2/c1-20-14-8-11(17)6-7-12(14)15(19)18-13-5-3-2-4-10(13)9-16/h2-8H,9H2,1H3,(H,18,19). The Morgan fingerprint density at radius 1 is 1.30 bits per heavy atom. The first-order chi connectivity index (χ1) is 9.65. The first-order valence-electron chi connectivity index (χ1n) is 5.94. The molecule has 0 saturated heterocycles. The largest absolute Gasteiger partial charge is 0.496 e. The first kappa shape index (κ1) is 14.9. The molecule has 0 fully saturated rings. The fourth-order valence-electron chi connectivity index (χ4n) is 1.80. The molecule has 0 bridgehead atoms. The number of alkyl halides is 1. The van der Waals surface area contributed by atoms with Crippen molar-refractivity contribution in [2.45, 2.75) is 5.33 Å². The molecule has 2 aromatic rings. The number of para-hydroxylation sites is 1. The number of carbonyl (C=O) groups excluding carboxylic acids is 1. The number of hydrogen-bond acceptors (Lipinski definition) is 2. The van der Waals surface area contributed by atoms with Crippen LogP contribution in [0.15, 0.2) is 42.5 Å². The van der Waals surface area contributed by atoms with E-state index in [9.17, 15) is 4.79 Å². The number of rotatable bonds is 4. The second-order valence-corrected chi connectivity index (χ2v) is 5.09. The SMILES string of the molecule is COc1cc(Cl)ccc1C(=O)Nc1ccccc1CBr. The molecule has 104 valence electrons. The van der Waals surface area contributed by atoms with Gasteiger partial charge in [0.1, 0.15) is 5.75 Å². The average Bonchev–Trinajstić information content (AvgIpc) is 2.47. The highest BCUT2D eigenvalue weighted by Crippen LogP contribution is 2.25. The predicted octanol–water partition coefficient (Wildman–Crippen LogP) is 4.50. The quantitative estimate of drug-likeness (QED) is 0.821. The van der Waals surface area contributed by atoms with Gasteiger partial charge in [0.05, 0.1) is 12.7 Å². The normalized spacial score (nSPS) is 10.2. The summed E-state index contributed by atoms with van der Waals surface area (Å²) >= 11 is 9.29. The molecular weight excluding hydrogens is 342 g/mol. The minimum atomic E-state index is -0.230. The number of carbonyl (C=O) groups is 1. The third-order valence-corrected chi connectivity index (χ3v) is 3.66. The van der Waals surface area contributed by atoms with Crippen LogP contribution in [0.3, 0.4) is 0 Å². The van der Waals surface area contributed by atoms with Gasteiger partial charge in [-0.25, -0.2) is 0 Å². The van der Waals surface area contributed by atoms with Crippen molar-refractivity contribution < 1.29 is 9.53 Å². The molecule has 2 aromatic carbocycles. The van der Waals surface area contributed by atoms with Crippen molar-refractivity contribution in [3.8, 4) is 5.75 Å². The van der Waals surface area contributed by atoms with E-state index in [1.54, 1.807) is 18.2 Å². The number of hydrogen-bond donors (Lipinski definition) is 1. The van der Waals surface area contributed by atoms with Gasteiger partial charge in [-0.1, -0.05) is 45.7 Å². The third-order valence-electron chi connectivity index (χ3n) is 2.82. The zero-order valence-electron chi connectivity index (χ0n) is 10.8. The van der Waals surface area contributed by atoms with E-state index >= 15 is 0 Å². The summed E-state index contributed by atoms with van der Waals surface area (Å²) in [6.45, 7) is 0. The number of methoxy groups -OCH3 is 1. The first-order valence-corrected chi connectivity index (χ1v) is 7.44. The van der Waals surface area contributed by atoms with E-state index in [0.29, 0.717) is 21.7 Å². The smallest absolute Gasteiger partial charge is 0.259 e. The summed E-state index contributed by atoms with van der Waals surface area (Å²) in [5.41, 5.74) is 2.22. The lowest BCUT2D eigenvalue weighted by Gasteiger charge is -2.11. The Balaban J connectivity index is 2.28. The van der Waals surface area contributed by atoms with Crippen LogP contribution in [0.4, 0.5) is 5.69 Å². The summed E-state index contributed by atoms with van der Waals surface area (Å²) in [6, 6.07) is 12.5. The van der Waals surface area contributed by atoms with E-state index in [2.05, 4.69) is 21.2 Å². The van der Waals surface area contributed by atoms with Crippen molar-refractivity contribution in [1.82, 2.24) is 0 Å². The molecule has 3 nitrogen and oxygen atoms in total. The number of anilines is 1. The van der Waals surface area contributed by atoms with Crippen molar-refractivity contribution in [2.24, 2.45) is 0 Å². The van der Waals surface area contributed by atoms with E-state index in [1.165, 1.54) is 7.11 Å². The second-order valence-electron chi connectivity index (χ2n) is 4.09. The minimum absolute atomic E-state index is 0.230. The van der Waals surface area contributed by atoms with Crippen molar-refractivity contribution in [2.75, 3.05) is 12.4 Å². The fourth-order valence-corrected chi connectivity index (χ4v) is 2.45. The Bertz CT molecular complexity index is 631. The lowest BCUT2D eigenvalue weighted by Crippen LogP contribution is -2.14. The van der Waals surface area contributed by atoms with Crippen LogP contribution in [0.25, 0.3) is 0 Å². The van der Waals surface area contributed by atoms with Crippen LogP contribution in [0.5, 0.6) is 5.75 Å². The molecule has 0 saturated carbocycles. The fraction of sp³-hybridized carbons (Fsp3) is 0.133. The Morgan fingerprint density at radius 2 is 2.05 bits per heavy atom. The van der Waals surface area contributed by atoms with E-state index in [4.69, 9.17) is 16.3 Å². The van der Waals surface area contributed by atoms with Crippen LogP contribution in [0.1, 0.15) is 15.9 Å². The maximum atomic E-state index is 12.3. The molecular formula is C15H13BrClNO2. The number of nitrogens with one attached hydrogen (secondary N) is 1. The van der Waals surface area contributed by atoms with Gasteiger partial charge < -0.3 is 10.1 Å². The molecule has 0 aliphatic heterocycles. The van der Waals surface area contributed by atoms with Crippen LogP contribution in [-0.2, 0) is 5.33 Å². The molecule has 0 aliphatic rings. The van der Waals surface area contributed by atoms with Crippen molar-refractivity contribution in [1.29, 1.82) is 0 Å². The summed E-state index contributed by atoms with van der Waals surface area (Å²) in [5.74, 6) is 0.221. The van der Waals surface area contributed by atoms with E-state index < -0.39 is 0 Å². The number of ether oxygens (including phenoxy) is 1. The second kappa shape index (κ2) is 6.77. The van der Waals surface area contributed by atoms with Gasteiger partial charge in [0.15, 0.2) is 0 Å². The van der Waals surface area contributed by atoms with Gasteiger partial charge >= 0.3 is 0 Å². The van der Waals surface area contributed by atoms with Gasteiger partial charge in [0, 0.05) is 16.0 Å². The molecule has 0 heterocycles. The molecule has 0 unspecified atom stereocenters. The predicted molar refractivity (Wildman–Crippen MR) is 85.0 cm³/mol. The highest BCUT2D eigenvalue weighted by Gasteiger charge is 2.14.